The lowest BCUT2D eigenvalue weighted by Gasteiger charge is -2.36. The van der Waals surface area contributed by atoms with Crippen LogP contribution in [-0.4, -0.2) is 46.6 Å². The first-order chi connectivity index (χ1) is 12.3. The Morgan fingerprint density at radius 1 is 1.04 bits per heavy atom. The second-order valence-electron chi connectivity index (χ2n) is 7.34. The van der Waals surface area contributed by atoms with Crippen molar-refractivity contribution in [1.29, 1.82) is 0 Å². The summed E-state index contributed by atoms with van der Waals surface area (Å²) in [7, 11) is 0. The molecule has 0 spiro atoms. The standard InChI is InChI=1S/C18H24N6O2/c1-18(2,3)21-16-15(24(25)26)17(20-13-19-16)23-11-9-22(10-12-23)14-7-5-4-6-8-14/h4-8,13H,9-12H2,1-3H3,(H,19,20,21). The fraction of sp³-hybridized carbons (Fsp3) is 0.444. The predicted octanol–water partition coefficient (Wildman–Crippen LogP) is 2.92. The number of nitro groups is 1. The highest BCUT2D eigenvalue weighted by Gasteiger charge is 2.30. The Morgan fingerprint density at radius 3 is 2.23 bits per heavy atom. The zero-order valence-electron chi connectivity index (χ0n) is 15.3. The SMILES string of the molecule is CC(C)(C)Nc1ncnc(N2CCN(c3ccccc3)CC2)c1[N+](=O)[O-]. The van der Waals surface area contributed by atoms with E-state index >= 15 is 0 Å². The van der Waals surface area contributed by atoms with E-state index < -0.39 is 4.92 Å². The molecule has 1 aromatic carbocycles. The van der Waals surface area contributed by atoms with Gasteiger partial charge in [0.25, 0.3) is 0 Å². The van der Waals surface area contributed by atoms with Crippen molar-refractivity contribution in [2.75, 3.05) is 41.3 Å². The molecule has 8 heteroatoms. The molecule has 3 rings (SSSR count). The van der Waals surface area contributed by atoms with Gasteiger partial charge in [0.1, 0.15) is 6.33 Å². The minimum atomic E-state index is -0.396. The van der Waals surface area contributed by atoms with Gasteiger partial charge in [-0.1, -0.05) is 18.2 Å². The number of anilines is 3. The van der Waals surface area contributed by atoms with Crippen molar-refractivity contribution in [3.63, 3.8) is 0 Å². The Labute approximate surface area is 153 Å². The van der Waals surface area contributed by atoms with E-state index in [9.17, 15) is 10.1 Å². The fourth-order valence-electron chi connectivity index (χ4n) is 3.03. The van der Waals surface area contributed by atoms with Gasteiger partial charge in [-0.2, -0.15) is 0 Å². The lowest BCUT2D eigenvalue weighted by Crippen LogP contribution is -2.47. The van der Waals surface area contributed by atoms with E-state index in [0.29, 0.717) is 18.9 Å². The van der Waals surface area contributed by atoms with Crippen LogP contribution in [0.5, 0.6) is 0 Å². The van der Waals surface area contributed by atoms with Gasteiger partial charge in [-0.05, 0) is 32.9 Å². The summed E-state index contributed by atoms with van der Waals surface area (Å²) >= 11 is 0. The first-order valence-electron chi connectivity index (χ1n) is 8.68. The van der Waals surface area contributed by atoms with Crippen LogP contribution < -0.4 is 15.1 Å². The quantitative estimate of drug-likeness (QED) is 0.665. The summed E-state index contributed by atoms with van der Waals surface area (Å²) in [6.07, 6.45) is 1.39. The number of hydrogen-bond acceptors (Lipinski definition) is 7. The molecular formula is C18H24N6O2. The van der Waals surface area contributed by atoms with Crippen molar-refractivity contribution in [1.82, 2.24) is 9.97 Å². The molecule has 0 saturated carbocycles. The van der Waals surface area contributed by atoms with E-state index in [4.69, 9.17) is 0 Å². The van der Waals surface area contributed by atoms with Crippen molar-refractivity contribution in [2.45, 2.75) is 26.3 Å². The third kappa shape index (κ3) is 4.01. The maximum Gasteiger partial charge on any atom is 0.353 e. The fourth-order valence-corrected chi connectivity index (χ4v) is 3.03. The molecule has 0 atom stereocenters. The zero-order valence-corrected chi connectivity index (χ0v) is 15.3. The van der Waals surface area contributed by atoms with Crippen LogP contribution in [-0.2, 0) is 0 Å². The smallest absolute Gasteiger partial charge is 0.353 e. The summed E-state index contributed by atoms with van der Waals surface area (Å²) in [4.78, 5) is 23.9. The monoisotopic (exact) mass is 356 g/mol. The molecule has 1 aliphatic heterocycles. The number of benzene rings is 1. The number of nitrogens with one attached hydrogen (secondary N) is 1. The molecule has 0 unspecified atom stereocenters. The molecule has 2 aromatic rings. The molecule has 0 radical (unpaired) electrons. The van der Waals surface area contributed by atoms with Crippen LogP contribution in [0.3, 0.4) is 0 Å². The third-order valence-corrected chi connectivity index (χ3v) is 4.18. The summed E-state index contributed by atoms with van der Waals surface area (Å²) in [6.45, 7) is 8.73. The first kappa shape index (κ1) is 17.9. The second kappa shape index (κ2) is 7.15. The summed E-state index contributed by atoms with van der Waals surface area (Å²) < 4.78 is 0. The molecule has 1 saturated heterocycles. The molecule has 0 amide bonds. The number of piperazine rings is 1. The minimum absolute atomic E-state index is 0.0596. The Bertz CT molecular complexity index is 767. The van der Waals surface area contributed by atoms with Crippen LogP contribution in [0.15, 0.2) is 36.7 Å². The molecule has 1 aromatic heterocycles. The Balaban J connectivity index is 1.82. The van der Waals surface area contributed by atoms with Crippen LogP contribution in [0.1, 0.15) is 20.8 Å². The first-order valence-corrected chi connectivity index (χ1v) is 8.68. The maximum absolute atomic E-state index is 11.7. The number of nitrogens with zero attached hydrogens (tertiary/aromatic N) is 5. The molecule has 0 aliphatic carbocycles. The van der Waals surface area contributed by atoms with Gasteiger partial charge in [0.2, 0.25) is 11.6 Å². The van der Waals surface area contributed by atoms with Gasteiger partial charge in [-0.15, -0.1) is 0 Å². The summed E-state index contributed by atoms with van der Waals surface area (Å²) in [6, 6.07) is 10.2. The molecule has 2 heterocycles. The van der Waals surface area contributed by atoms with Gasteiger partial charge >= 0.3 is 5.69 Å². The molecule has 1 N–H and O–H groups in total. The van der Waals surface area contributed by atoms with E-state index in [1.54, 1.807) is 0 Å². The van der Waals surface area contributed by atoms with Crippen molar-refractivity contribution < 1.29 is 4.92 Å². The van der Waals surface area contributed by atoms with Crippen LogP contribution in [0, 0.1) is 10.1 Å². The lowest BCUT2D eigenvalue weighted by atomic mass is 10.1. The summed E-state index contributed by atoms with van der Waals surface area (Å²) in [5, 5.41) is 14.8. The van der Waals surface area contributed by atoms with E-state index in [1.807, 2.05) is 43.9 Å². The highest BCUT2D eigenvalue weighted by molar-refractivity contribution is 5.71. The molecule has 0 bridgehead atoms. The van der Waals surface area contributed by atoms with Gasteiger partial charge < -0.3 is 15.1 Å². The number of para-hydroxylation sites is 1. The largest absolute Gasteiger partial charge is 0.368 e. The van der Waals surface area contributed by atoms with E-state index in [1.165, 1.54) is 12.0 Å². The highest BCUT2D eigenvalue weighted by Crippen LogP contribution is 2.34. The van der Waals surface area contributed by atoms with Gasteiger partial charge in [-0.25, -0.2) is 9.97 Å². The number of aromatic nitrogens is 2. The Hall–Kier alpha value is -2.90. The molecule has 1 fully saturated rings. The van der Waals surface area contributed by atoms with Crippen molar-refractivity contribution >= 4 is 23.0 Å². The van der Waals surface area contributed by atoms with Crippen LogP contribution in [0.4, 0.5) is 23.0 Å². The average Bonchev–Trinajstić information content (AvgIpc) is 2.61. The van der Waals surface area contributed by atoms with Gasteiger partial charge in [0, 0.05) is 37.4 Å². The predicted molar refractivity (Wildman–Crippen MR) is 103 cm³/mol. The summed E-state index contributed by atoms with van der Waals surface area (Å²) in [5.41, 5.74) is 0.776. The zero-order chi connectivity index (χ0) is 18.7. The lowest BCUT2D eigenvalue weighted by molar-refractivity contribution is -0.383. The highest BCUT2D eigenvalue weighted by atomic mass is 16.6. The Morgan fingerprint density at radius 2 is 1.65 bits per heavy atom. The normalized spacial score (nSPS) is 15.0. The van der Waals surface area contributed by atoms with Crippen LogP contribution >= 0.6 is 0 Å². The van der Waals surface area contributed by atoms with Crippen molar-refractivity contribution in [3.8, 4) is 0 Å². The van der Waals surface area contributed by atoms with E-state index in [2.05, 4.69) is 32.3 Å². The van der Waals surface area contributed by atoms with Crippen LogP contribution in [0.25, 0.3) is 0 Å². The van der Waals surface area contributed by atoms with E-state index in [-0.39, 0.29) is 17.0 Å². The van der Waals surface area contributed by atoms with Crippen molar-refractivity contribution in [3.05, 3.63) is 46.8 Å². The molecule has 1 aliphatic rings. The average molecular weight is 356 g/mol. The van der Waals surface area contributed by atoms with Crippen molar-refractivity contribution in [2.24, 2.45) is 0 Å². The number of hydrogen-bond donors (Lipinski definition) is 1. The third-order valence-electron chi connectivity index (χ3n) is 4.18. The van der Waals surface area contributed by atoms with Gasteiger partial charge in [0.05, 0.1) is 4.92 Å². The van der Waals surface area contributed by atoms with Gasteiger partial charge in [-0.3, -0.25) is 10.1 Å². The minimum Gasteiger partial charge on any atom is -0.368 e. The Kier molecular flexibility index (Phi) is 4.92. The second-order valence-corrected chi connectivity index (χ2v) is 7.34. The molecule has 138 valence electrons. The maximum atomic E-state index is 11.7. The number of rotatable bonds is 4. The topological polar surface area (TPSA) is 87.4 Å². The van der Waals surface area contributed by atoms with E-state index in [0.717, 1.165) is 13.1 Å². The van der Waals surface area contributed by atoms with Crippen LogP contribution in [0.2, 0.25) is 0 Å². The molecular weight excluding hydrogens is 332 g/mol. The molecule has 26 heavy (non-hydrogen) atoms. The van der Waals surface area contributed by atoms with Gasteiger partial charge in [0.15, 0.2) is 0 Å². The summed E-state index contributed by atoms with van der Waals surface area (Å²) in [5.74, 6) is 0.641. The molecule has 8 nitrogen and oxygen atoms in total.